The van der Waals surface area contributed by atoms with Crippen LogP contribution in [0, 0.1) is 11.8 Å². The maximum atomic E-state index is 13.7. The standard InChI is InChI=1S/C27H18ClNO5/c28-17-12-10-16(11-13-17)22-20-21(26(33)29(25(20)32)14-15-6-2-1-3-7-15)27(34-22)23(30)18-8-4-5-9-19(18)24(27)31/h1-13,20-22H,14H2/t20-,21-,22-/m1/s1. The van der Waals surface area contributed by atoms with Crippen molar-refractivity contribution in [1.82, 2.24) is 4.90 Å². The van der Waals surface area contributed by atoms with E-state index in [1.165, 1.54) is 0 Å². The van der Waals surface area contributed by atoms with Crippen LogP contribution in [0.1, 0.15) is 37.9 Å². The average Bonchev–Trinajstić information content (AvgIpc) is 3.41. The van der Waals surface area contributed by atoms with E-state index in [1.54, 1.807) is 48.5 Å². The zero-order chi connectivity index (χ0) is 23.6. The number of rotatable bonds is 3. The molecule has 3 aromatic rings. The van der Waals surface area contributed by atoms with Gasteiger partial charge in [-0.2, -0.15) is 0 Å². The minimum absolute atomic E-state index is 0.0598. The highest BCUT2D eigenvalue weighted by Crippen LogP contribution is 2.57. The summed E-state index contributed by atoms with van der Waals surface area (Å²) in [5.74, 6) is -4.39. The predicted molar refractivity (Wildman–Crippen MR) is 122 cm³/mol. The van der Waals surface area contributed by atoms with Crippen molar-refractivity contribution in [2.24, 2.45) is 11.8 Å². The second-order valence-corrected chi connectivity index (χ2v) is 9.22. The van der Waals surface area contributed by atoms with Gasteiger partial charge in [0.25, 0.3) is 0 Å². The molecule has 3 atom stereocenters. The number of ketones is 2. The molecular formula is C27H18ClNO5. The molecule has 34 heavy (non-hydrogen) atoms. The van der Waals surface area contributed by atoms with Crippen molar-refractivity contribution in [1.29, 1.82) is 0 Å². The summed E-state index contributed by atoms with van der Waals surface area (Å²) >= 11 is 6.04. The molecule has 6 nitrogen and oxygen atoms in total. The molecule has 2 fully saturated rings. The number of fused-ring (bicyclic) bond motifs is 3. The topological polar surface area (TPSA) is 80.8 Å². The Balaban J connectivity index is 1.49. The maximum absolute atomic E-state index is 13.7. The van der Waals surface area contributed by atoms with Crippen LogP contribution in [-0.4, -0.2) is 33.9 Å². The number of likely N-dealkylation sites (tertiary alicyclic amines) is 1. The van der Waals surface area contributed by atoms with E-state index in [0.717, 1.165) is 10.5 Å². The summed E-state index contributed by atoms with van der Waals surface area (Å²) in [5.41, 5.74) is -0.281. The van der Waals surface area contributed by atoms with E-state index in [4.69, 9.17) is 16.3 Å². The number of imide groups is 1. The van der Waals surface area contributed by atoms with Gasteiger partial charge in [0.1, 0.15) is 0 Å². The molecule has 3 aromatic carbocycles. The second kappa shape index (κ2) is 7.45. The Bertz CT molecular complexity index is 1330. The van der Waals surface area contributed by atoms with E-state index < -0.39 is 46.9 Å². The van der Waals surface area contributed by atoms with Crippen molar-refractivity contribution < 1.29 is 23.9 Å². The van der Waals surface area contributed by atoms with Crippen LogP contribution >= 0.6 is 11.6 Å². The van der Waals surface area contributed by atoms with E-state index in [9.17, 15) is 19.2 Å². The monoisotopic (exact) mass is 471 g/mol. The summed E-state index contributed by atoms with van der Waals surface area (Å²) in [6.07, 6.45) is -0.943. The molecule has 168 valence electrons. The quantitative estimate of drug-likeness (QED) is 0.425. The minimum atomic E-state index is -2.06. The summed E-state index contributed by atoms with van der Waals surface area (Å²) < 4.78 is 6.24. The van der Waals surface area contributed by atoms with Crippen LogP contribution in [0.25, 0.3) is 0 Å². The molecule has 0 radical (unpaired) electrons. The first-order valence-corrected chi connectivity index (χ1v) is 11.3. The average molecular weight is 472 g/mol. The number of nitrogens with zero attached hydrogens (tertiary/aromatic N) is 1. The Morgan fingerprint density at radius 3 is 1.97 bits per heavy atom. The van der Waals surface area contributed by atoms with Crippen molar-refractivity contribution in [3.8, 4) is 0 Å². The second-order valence-electron chi connectivity index (χ2n) is 8.78. The number of carbonyl (C=O) groups is 4. The first-order valence-electron chi connectivity index (χ1n) is 10.9. The highest BCUT2D eigenvalue weighted by Gasteiger charge is 2.74. The maximum Gasteiger partial charge on any atom is 0.237 e. The molecule has 0 unspecified atom stereocenters. The van der Waals surface area contributed by atoms with Gasteiger partial charge in [0.05, 0.1) is 24.5 Å². The fourth-order valence-corrected chi connectivity index (χ4v) is 5.58. The minimum Gasteiger partial charge on any atom is -0.349 e. The van der Waals surface area contributed by atoms with E-state index in [0.29, 0.717) is 10.6 Å². The number of amides is 2. The summed E-state index contributed by atoms with van der Waals surface area (Å²) in [6.45, 7) is 0.0598. The number of benzene rings is 3. The van der Waals surface area contributed by atoms with Crippen LogP contribution in [0.15, 0.2) is 78.9 Å². The highest BCUT2D eigenvalue weighted by molar-refractivity contribution is 6.35. The van der Waals surface area contributed by atoms with Gasteiger partial charge in [0.15, 0.2) is 0 Å². The number of Topliss-reactive ketones (excluding diaryl/α,β-unsaturated/α-hetero) is 2. The Morgan fingerprint density at radius 2 is 1.35 bits per heavy atom. The lowest BCUT2D eigenvalue weighted by atomic mass is 9.77. The van der Waals surface area contributed by atoms with E-state index >= 15 is 0 Å². The van der Waals surface area contributed by atoms with Crippen LogP contribution < -0.4 is 0 Å². The molecular weight excluding hydrogens is 454 g/mol. The lowest BCUT2D eigenvalue weighted by molar-refractivity contribution is -0.145. The fourth-order valence-electron chi connectivity index (χ4n) is 5.45. The van der Waals surface area contributed by atoms with E-state index in [-0.39, 0.29) is 17.7 Å². The first-order chi connectivity index (χ1) is 16.4. The van der Waals surface area contributed by atoms with Crippen molar-refractivity contribution in [3.05, 3.63) is 106 Å². The first kappa shape index (κ1) is 21.0. The Hall–Kier alpha value is -3.61. The van der Waals surface area contributed by atoms with Crippen molar-refractivity contribution in [3.63, 3.8) is 0 Å². The summed E-state index contributed by atoms with van der Waals surface area (Å²) in [7, 11) is 0. The largest absolute Gasteiger partial charge is 0.349 e. The van der Waals surface area contributed by atoms with Crippen molar-refractivity contribution >= 4 is 35.0 Å². The van der Waals surface area contributed by atoms with Crippen molar-refractivity contribution in [2.45, 2.75) is 18.2 Å². The Labute approximate surface area is 200 Å². The number of halogens is 1. The van der Waals surface area contributed by atoms with Crippen LogP contribution in [0.2, 0.25) is 5.02 Å². The molecule has 0 N–H and O–H groups in total. The number of carbonyl (C=O) groups excluding carboxylic acids is 4. The van der Waals surface area contributed by atoms with Crippen LogP contribution in [-0.2, 0) is 20.9 Å². The third-order valence-corrected chi connectivity index (χ3v) is 7.24. The molecule has 3 aliphatic rings. The molecule has 2 aliphatic heterocycles. The van der Waals surface area contributed by atoms with Crippen molar-refractivity contribution in [2.75, 3.05) is 0 Å². The summed E-state index contributed by atoms with van der Waals surface area (Å²) in [4.78, 5) is 55.9. The SMILES string of the molecule is O=C1[C@H]2[C@@H](c3ccc(Cl)cc3)OC3(C(=O)c4ccccc4C3=O)[C@H]2C(=O)N1Cc1ccccc1. The summed E-state index contributed by atoms with van der Waals surface area (Å²) in [6, 6.07) is 22.2. The van der Waals surface area contributed by atoms with Gasteiger partial charge in [-0.1, -0.05) is 78.3 Å². The van der Waals surface area contributed by atoms with E-state index in [1.807, 2.05) is 30.3 Å². The van der Waals surface area contributed by atoms with Gasteiger partial charge in [-0.15, -0.1) is 0 Å². The third kappa shape index (κ3) is 2.73. The van der Waals surface area contributed by atoms with Gasteiger partial charge in [0.2, 0.25) is 29.0 Å². The Morgan fingerprint density at radius 1 is 0.765 bits per heavy atom. The summed E-state index contributed by atoms with van der Waals surface area (Å²) in [5, 5.41) is 0.493. The molecule has 2 heterocycles. The predicted octanol–water partition coefficient (Wildman–Crippen LogP) is 4.03. The lowest BCUT2D eigenvalue weighted by Gasteiger charge is -2.27. The Kier molecular flexibility index (Phi) is 4.59. The molecule has 0 saturated carbocycles. The molecule has 0 aromatic heterocycles. The molecule has 1 spiro atoms. The highest BCUT2D eigenvalue weighted by atomic mass is 35.5. The van der Waals surface area contributed by atoms with Crippen LogP contribution in [0.3, 0.4) is 0 Å². The molecule has 1 aliphatic carbocycles. The van der Waals surface area contributed by atoms with Gasteiger partial charge < -0.3 is 4.74 Å². The zero-order valence-corrected chi connectivity index (χ0v) is 18.6. The third-order valence-electron chi connectivity index (χ3n) is 6.99. The van der Waals surface area contributed by atoms with Gasteiger partial charge in [-0.05, 0) is 23.3 Å². The molecule has 7 heteroatoms. The zero-order valence-electron chi connectivity index (χ0n) is 17.8. The van der Waals surface area contributed by atoms with Gasteiger partial charge in [0, 0.05) is 16.1 Å². The molecule has 0 bridgehead atoms. The molecule has 2 amide bonds. The van der Waals surface area contributed by atoms with Crippen LogP contribution in [0.4, 0.5) is 0 Å². The van der Waals surface area contributed by atoms with Gasteiger partial charge in [-0.3, -0.25) is 24.1 Å². The normalized spacial score (nSPS) is 24.7. The van der Waals surface area contributed by atoms with Crippen LogP contribution in [0.5, 0.6) is 0 Å². The molecule has 2 saturated heterocycles. The van der Waals surface area contributed by atoms with Gasteiger partial charge in [-0.25, -0.2) is 0 Å². The smallest absolute Gasteiger partial charge is 0.237 e. The number of hydrogen-bond donors (Lipinski definition) is 0. The number of ether oxygens (including phenoxy) is 1. The van der Waals surface area contributed by atoms with Gasteiger partial charge >= 0.3 is 0 Å². The fraction of sp³-hybridized carbons (Fsp3) is 0.185. The molecule has 6 rings (SSSR count). The lowest BCUT2D eigenvalue weighted by Crippen LogP contribution is -2.50. The van der Waals surface area contributed by atoms with E-state index in [2.05, 4.69) is 0 Å². The number of hydrogen-bond acceptors (Lipinski definition) is 5.